The van der Waals surface area contributed by atoms with Crippen LogP contribution in [0.25, 0.3) is 0 Å². The maximum atomic E-state index is 11.9. The molecule has 0 aromatic rings. The van der Waals surface area contributed by atoms with Crippen molar-refractivity contribution in [3.63, 3.8) is 0 Å². The summed E-state index contributed by atoms with van der Waals surface area (Å²) in [6.45, 7) is -0.779. The molecule has 0 aromatic carbocycles. The van der Waals surface area contributed by atoms with Crippen molar-refractivity contribution in [1.29, 1.82) is 0 Å². The lowest BCUT2D eigenvalue weighted by atomic mass is 9.86. The lowest BCUT2D eigenvalue weighted by molar-refractivity contribution is -0.137. The maximum absolute atomic E-state index is 11.9. The number of rotatable bonds is 6. The number of amides is 1. The average Bonchev–Trinajstić information content (AvgIpc) is 2.52. The van der Waals surface area contributed by atoms with Crippen LogP contribution in [-0.2, 0) is 9.31 Å². The number of thiol groups is 1. The predicted octanol–water partition coefficient (Wildman–Crippen LogP) is -1.23. The molecule has 1 heterocycles. The van der Waals surface area contributed by atoms with Gasteiger partial charge in [-0.2, -0.15) is 0 Å². The first-order valence-corrected chi connectivity index (χ1v) is 11.3. The summed E-state index contributed by atoms with van der Waals surface area (Å²) in [5.41, 5.74) is 0. The molecule has 0 spiro atoms. The highest BCUT2D eigenvalue weighted by Gasteiger charge is 2.41. The Labute approximate surface area is 139 Å². The van der Waals surface area contributed by atoms with E-state index in [4.69, 9.17) is 14.4 Å². The number of nitrogens with one attached hydrogen (secondary N) is 1. The lowest BCUT2D eigenvalue weighted by Crippen LogP contribution is -2.57. The zero-order chi connectivity index (χ0) is 16.9. The molecule has 8 nitrogen and oxygen atoms in total. The highest BCUT2D eigenvalue weighted by atomic mass is 33.5. The van der Waals surface area contributed by atoms with Crippen LogP contribution in [0.1, 0.15) is 0 Å². The zero-order valence-electron chi connectivity index (χ0n) is 12.3. The minimum absolute atomic E-state index is 0.0215. The first-order valence-electron chi connectivity index (χ1n) is 6.49. The number of hydrogen-bond acceptors (Lipinski definition) is 9. The van der Waals surface area contributed by atoms with Crippen molar-refractivity contribution in [2.45, 2.75) is 24.4 Å². The molecule has 5 atom stereocenters. The Balaban J connectivity index is 2.55. The third kappa shape index (κ3) is 5.46. The number of carbonyl (C=O) groups is 1. The van der Waals surface area contributed by atoms with E-state index in [2.05, 4.69) is 17.0 Å². The van der Waals surface area contributed by atoms with E-state index in [1.807, 2.05) is 0 Å². The molecule has 1 saturated heterocycles. The Morgan fingerprint density at radius 1 is 1.59 bits per heavy atom. The van der Waals surface area contributed by atoms with Crippen molar-refractivity contribution in [1.82, 2.24) is 5.32 Å². The maximum Gasteiger partial charge on any atom is 0.478 e. The minimum atomic E-state index is -1.78. The highest BCUT2D eigenvalue weighted by Crippen LogP contribution is 2.59. The van der Waals surface area contributed by atoms with Gasteiger partial charge in [0.25, 0.3) is 5.24 Å². The van der Waals surface area contributed by atoms with E-state index in [1.54, 1.807) is 12.5 Å². The quantitative estimate of drug-likeness (QED) is 0.194. The smallest absolute Gasteiger partial charge is 0.407 e. The molecular formula is C10H22BNO7S3. The van der Waals surface area contributed by atoms with E-state index in [1.165, 1.54) is 10.8 Å². The molecule has 12 heteroatoms. The topological polar surface area (TPSA) is 128 Å². The second-order valence-electron chi connectivity index (χ2n) is 4.81. The Bertz CT molecular complexity index is 378. The van der Waals surface area contributed by atoms with Gasteiger partial charge in [0.15, 0.2) is 0 Å². The molecule has 0 aromatic heterocycles. The summed E-state index contributed by atoms with van der Waals surface area (Å²) in [5, 5.41) is 40.2. The molecule has 1 fully saturated rings. The van der Waals surface area contributed by atoms with E-state index in [-0.39, 0.29) is 18.3 Å². The van der Waals surface area contributed by atoms with Crippen molar-refractivity contribution in [3.05, 3.63) is 0 Å². The molecule has 22 heavy (non-hydrogen) atoms. The molecule has 5 N–H and O–H groups in total. The second kappa shape index (κ2) is 8.99. The Morgan fingerprint density at radius 3 is 2.77 bits per heavy atom. The minimum Gasteiger partial charge on any atom is -0.407 e. The number of aliphatic hydroxyl groups is 4. The molecule has 0 radical (unpaired) electrons. The van der Waals surface area contributed by atoms with Gasteiger partial charge in [-0.05, 0) is 12.5 Å². The van der Waals surface area contributed by atoms with Gasteiger partial charge in [0, 0.05) is 0 Å². The third-order valence-corrected chi connectivity index (χ3v) is 8.86. The van der Waals surface area contributed by atoms with Gasteiger partial charge in [-0.3, -0.25) is 4.79 Å². The van der Waals surface area contributed by atoms with E-state index in [9.17, 15) is 20.1 Å². The molecule has 1 amide bonds. The number of hydrogen-bond donors (Lipinski definition) is 6. The van der Waals surface area contributed by atoms with Crippen LogP contribution < -0.4 is 5.32 Å². The molecule has 0 bridgehead atoms. The van der Waals surface area contributed by atoms with Crippen molar-refractivity contribution >= 4 is 42.9 Å². The monoisotopic (exact) mass is 375 g/mol. The van der Waals surface area contributed by atoms with E-state index < -0.39 is 46.2 Å². The molecule has 130 valence electrons. The van der Waals surface area contributed by atoms with Crippen LogP contribution in [0.2, 0.25) is 0 Å². The fourth-order valence-corrected chi connectivity index (χ4v) is 3.05. The fourth-order valence-electron chi connectivity index (χ4n) is 1.72. The van der Waals surface area contributed by atoms with Crippen LogP contribution >= 0.6 is 30.5 Å². The summed E-state index contributed by atoms with van der Waals surface area (Å²) in [6.07, 6.45) is -1.62. The molecule has 1 rings (SSSR count). The van der Waals surface area contributed by atoms with Crippen LogP contribution in [0.5, 0.6) is 0 Å². The van der Waals surface area contributed by atoms with Crippen molar-refractivity contribution in [3.8, 4) is 0 Å². The van der Waals surface area contributed by atoms with Gasteiger partial charge >= 0.3 is 7.12 Å². The molecule has 1 aliphatic heterocycles. The molecule has 1 aliphatic rings. The number of carbonyl (C=O) groups excluding carboxylic acids is 1. The van der Waals surface area contributed by atoms with Crippen molar-refractivity contribution < 1.29 is 34.5 Å². The largest absolute Gasteiger partial charge is 0.478 e. The van der Waals surface area contributed by atoms with E-state index in [0.717, 1.165) is 0 Å². The lowest BCUT2D eigenvalue weighted by Gasteiger charge is -2.36. The van der Waals surface area contributed by atoms with Crippen LogP contribution in [-0.4, -0.2) is 89.4 Å². The van der Waals surface area contributed by atoms with Gasteiger partial charge in [0.1, 0.15) is 18.3 Å². The van der Waals surface area contributed by atoms with Crippen molar-refractivity contribution in [2.24, 2.45) is 0 Å². The van der Waals surface area contributed by atoms with Gasteiger partial charge in [-0.1, -0.05) is 18.9 Å². The van der Waals surface area contributed by atoms with E-state index >= 15 is 0 Å². The third-order valence-electron chi connectivity index (χ3n) is 3.14. The SMILES string of the molecule is CSS(C)(S)C(=O)NCB1OCC(O)C(C(O)C(O)CO)O1. The molecule has 0 saturated carbocycles. The van der Waals surface area contributed by atoms with Gasteiger partial charge in [-0.25, -0.2) is 0 Å². The average molecular weight is 375 g/mol. The van der Waals surface area contributed by atoms with Crippen LogP contribution in [0.4, 0.5) is 4.79 Å². The van der Waals surface area contributed by atoms with Gasteiger partial charge < -0.3 is 35.1 Å². The highest BCUT2D eigenvalue weighted by molar-refractivity contribution is 9.26. The summed E-state index contributed by atoms with van der Waals surface area (Å²) in [6, 6.07) is 0. The van der Waals surface area contributed by atoms with Gasteiger partial charge in [0.2, 0.25) is 0 Å². The summed E-state index contributed by atoms with van der Waals surface area (Å²) >= 11 is 4.30. The van der Waals surface area contributed by atoms with Crippen LogP contribution in [0.3, 0.4) is 0 Å². The Kier molecular flexibility index (Phi) is 8.33. The van der Waals surface area contributed by atoms with Crippen molar-refractivity contribution in [2.75, 3.05) is 32.2 Å². The Morgan fingerprint density at radius 2 is 2.23 bits per heavy atom. The zero-order valence-corrected chi connectivity index (χ0v) is 14.8. The summed E-state index contributed by atoms with van der Waals surface area (Å²) in [7, 11) is -1.30. The summed E-state index contributed by atoms with van der Waals surface area (Å²) in [4.78, 5) is 11.9. The predicted molar refractivity (Wildman–Crippen MR) is 91.1 cm³/mol. The molecule has 0 aliphatic carbocycles. The summed E-state index contributed by atoms with van der Waals surface area (Å²) in [5.74, 6) is 0. The standard InChI is InChI=1S/C10H22BNO7S3/c1-21-22(2,20)10(17)12-5-11-18-4-7(15)9(19-11)8(16)6(14)3-13/h6-9,13-16,20H,3-5H2,1-2H3,(H,12,17). The molecule has 5 unspecified atom stereocenters. The Hall–Kier alpha value is 0.345. The first kappa shape index (κ1) is 20.4. The van der Waals surface area contributed by atoms with Crippen LogP contribution in [0, 0.1) is 0 Å². The van der Waals surface area contributed by atoms with Crippen LogP contribution in [0.15, 0.2) is 0 Å². The van der Waals surface area contributed by atoms with Gasteiger partial charge in [-0.15, -0.1) is 11.7 Å². The summed E-state index contributed by atoms with van der Waals surface area (Å²) < 4.78 is 10.6. The first-order chi connectivity index (χ1) is 10.2. The normalized spacial score (nSPS) is 29.3. The second-order valence-corrected chi connectivity index (χ2v) is 13.1. The van der Waals surface area contributed by atoms with Gasteiger partial charge in [0.05, 0.1) is 25.8 Å². The number of aliphatic hydroxyl groups excluding tert-OH is 4. The fraction of sp³-hybridized carbons (Fsp3) is 0.900. The molecular weight excluding hydrogens is 353 g/mol. The van der Waals surface area contributed by atoms with E-state index in [0.29, 0.717) is 0 Å².